The highest BCUT2D eigenvalue weighted by Gasteiger charge is 2.75. The van der Waals surface area contributed by atoms with Crippen LogP contribution in [0.15, 0.2) is 0 Å². The molecular formula is C17H26F6O3. The van der Waals surface area contributed by atoms with Crippen molar-refractivity contribution in [1.29, 1.82) is 0 Å². The quantitative estimate of drug-likeness (QED) is 0.502. The van der Waals surface area contributed by atoms with Gasteiger partial charge >= 0.3 is 18.3 Å². The van der Waals surface area contributed by atoms with Gasteiger partial charge in [0, 0.05) is 0 Å². The Kier molecular flexibility index (Phi) is 7.04. The molecule has 0 aromatic heterocycles. The normalized spacial score (nSPS) is 19.3. The number of esters is 1. The fourth-order valence-electron chi connectivity index (χ4n) is 2.99. The number of aliphatic hydroxyl groups is 1. The van der Waals surface area contributed by atoms with Gasteiger partial charge in [-0.25, -0.2) is 0 Å². The van der Waals surface area contributed by atoms with Gasteiger partial charge < -0.3 is 9.84 Å². The molecule has 0 aromatic carbocycles. The van der Waals surface area contributed by atoms with Gasteiger partial charge in [-0.15, -0.1) is 0 Å². The zero-order valence-electron chi connectivity index (χ0n) is 15.1. The lowest BCUT2D eigenvalue weighted by molar-refractivity contribution is -0.393. The number of rotatable bonds is 6. The van der Waals surface area contributed by atoms with E-state index in [0.29, 0.717) is 25.7 Å². The van der Waals surface area contributed by atoms with E-state index in [4.69, 9.17) is 4.74 Å². The highest BCUT2D eigenvalue weighted by Crippen LogP contribution is 2.48. The molecule has 0 aromatic rings. The van der Waals surface area contributed by atoms with Crippen LogP contribution in [0, 0.1) is 11.3 Å². The van der Waals surface area contributed by atoms with Crippen LogP contribution in [0.1, 0.15) is 65.7 Å². The number of hydrogen-bond donors (Lipinski definition) is 1. The first-order valence-corrected chi connectivity index (χ1v) is 8.73. The van der Waals surface area contributed by atoms with E-state index in [2.05, 4.69) is 0 Å². The minimum atomic E-state index is -6.03. The van der Waals surface area contributed by atoms with Gasteiger partial charge in [0.1, 0.15) is 6.10 Å². The topological polar surface area (TPSA) is 46.5 Å². The van der Waals surface area contributed by atoms with E-state index in [1.54, 1.807) is 6.92 Å². The molecule has 1 aliphatic carbocycles. The van der Waals surface area contributed by atoms with E-state index >= 15 is 0 Å². The summed E-state index contributed by atoms with van der Waals surface area (Å²) in [5, 5.41) is 9.73. The van der Waals surface area contributed by atoms with Crippen LogP contribution in [-0.2, 0) is 9.53 Å². The molecule has 1 N–H and O–H groups in total. The van der Waals surface area contributed by atoms with E-state index in [-0.39, 0.29) is 6.42 Å². The third kappa shape index (κ3) is 4.84. The van der Waals surface area contributed by atoms with Gasteiger partial charge in [0.15, 0.2) is 0 Å². The molecule has 0 bridgehead atoms. The van der Waals surface area contributed by atoms with Crippen LogP contribution < -0.4 is 0 Å². The lowest BCUT2D eigenvalue weighted by Crippen LogP contribution is -2.65. The molecule has 0 heterocycles. The molecule has 1 unspecified atom stereocenters. The van der Waals surface area contributed by atoms with Crippen LogP contribution in [0.5, 0.6) is 0 Å². The van der Waals surface area contributed by atoms with E-state index in [1.165, 1.54) is 13.8 Å². The lowest BCUT2D eigenvalue weighted by Gasteiger charge is -2.40. The summed E-state index contributed by atoms with van der Waals surface area (Å²) < 4.78 is 84.3. The second kappa shape index (κ2) is 7.94. The van der Waals surface area contributed by atoms with Crippen molar-refractivity contribution in [3.63, 3.8) is 0 Å². The number of alkyl halides is 6. The Morgan fingerprint density at radius 1 is 1.04 bits per heavy atom. The van der Waals surface area contributed by atoms with Crippen LogP contribution in [0.4, 0.5) is 26.3 Å². The molecule has 9 heteroatoms. The number of carbonyl (C=O) groups is 1. The summed E-state index contributed by atoms with van der Waals surface area (Å²) in [6.07, 6.45) is -12.2. The molecule has 154 valence electrons. The van der Waals surface area contributed by atoms with Gasteiger partial charge in [0.25, 0.3) is 5.60 Å². The molecule has 0 aliphatic heterocycles. The number of ether oxygens (including phenoxy) is 1. The summed E-state index contributed by atoms with van der Waals surface area (Å²) >= 11 is 0. The molecule has 1 saturated carbocycles. The van der Waals surface area contributed by atoms with Crippen molar-refractivity contribution in [3.8, 4) is 0 Å². The first-order valence-electron chi connectivity index (χ1n) is 8.73. The van der Waals surface area contributed by atoms with Gasteiger partial charge in [-0.05, 0) is 32.6 Å². The summed E-state index contributed by atoms with van der Waals surface area (Å²) in [4.78, 5) is 12.2. The first-order chi connectivity index (χ1) is 11.7. The average Bonchev–Trinajstić information content (AvgIpc) is 2.52. The van der Waals surface area contributed by atoms with Gasteiger partial charge in [0.05, 0.1) is 5.41 Å². The van der Waals surface area contributed by atoms with Crippen molar-refractivity contribution in [2.75, 3.05) is 0 Å². The average molecular weight is 392 g/mol. The SMILES string of the molecule is CCC(C)(C)C(=O)OC(CC1CCCCC1)C(O)(C(F)(F)F)C(F)(F)F. The van der Waals surface area contributed by atoms with Gasteiger partial charge in [0.2, 0.25) is 0 Å². The van der Waals surface area contributed by atoms with Crippen molar-refractivity contribution in [1.82, 2.24) is 0 Å². The molecule has 1 fully saturated rings. The van der Waals surface area contributed by atoms with E-state index in [9.17, 15) is 36.2 Å². The third-order valence-corrected chi connectivity index (χ3v) is 5.29. The molecule has 3 nitrogen and oxygen atoms in total. The van der Waals surface area contributed by atoms with E-state index in [1.807, 2.05) is 0 Å². The second-order valence-corrected chi connectivity index (χ2v) is 7.63. The zero-order valence-corrected chi connectivity index (χ0v) is 15.1. The molecule has 1 rings (SSSR count). The van der Waals surface area contributed by atoms with Gasteiger partial charge in [-0.3, -0.25) is 4.79 Å². The summed E-state index contributed by atoms with van der Waals surface area (Å²) in [6.45, 7) is 4.30. The summed E-state index contributed by atoms with van der Waals surface area (Å²) in [5.74, 6) is -1.66. The molecule has 0 radical (unpaired) electrons. The van der Waals surface area contributed by atoms with Crippen LogP contribution >= 0.6 is 0 Å². The summed E-state index contributed by atoms with van der Waals surface area (Å²) in [6, 6.07) is 0. The Morgan fingerprint density at radius 2 is 1.50 bits per heavy atom. The minimum Gasteiger partial charge on any atom is -0.458 e. The molecule has 0 amide bonds. The number of hydrogen-bond acceptors (Lipinski definition) is 3. The zero-order chi connectivity index (χ0) is 20.4. The molecule has 0 spiro atoms. The molecule has 1 aliphatic rings. The van der Waals surface area contributed by atoms with Gasteiger partial charge in [-0.2, -0.15) is 26.3 Å². The Labute approximate surface area is 149 Å². The van der Waals surface area contributed by atoms with Crippen molar-refractivity contribution in [2.45, 2.75) is 89.8 Å². The maximum Gasteiger partial charge on any atom is 0.430 e. The van der Waals surface area contributed by atoms with E-state index in [0.717, 1.165) is 6.42 Å². The number of carbonyl (C=O) groups excluding carboxylic acids is 1. The Morgan fingerprint density at radius 3 is 1.88 bits per heavy atom. The van der Waals surface area contributed by atoms with Crippen molar-refractivity contribution in [2.24, 2.45) is 11.3 Å². The van der Waals surface area contributed by atoms with Crippen LogP contribution in [0.25, 0.3) is 0 Å². The summed E-state index contributed by atoms with van der Waals surface area (Å²) in [5.41, 5.74) is -6.36. The highest BCUT2D eigenvalue weighted by atomic mass is 19.4. The Bertz CT molecular complexity index is 464. The summed E-state index contributed by atoms with van der Waals surface area (Å²) in [7, 11) is 0. The molecule has 1 atom stereocenters. The standard InChI is InChI=1S/C17H26F6O3/c1-4-14(2,3)13(24)26-12(10-11-8-6-5-7-9-11)15(25,16(18,19)20)17(21,22)23/h11-12,25H,4-10H2,1-3H3. The molecule has 26 heavy (non-hydrogen) atoms. The van der Waals surface area contributed by atoms with Crippen molar-refractivity contribution >= 4 is 5.97 Å². The first kappa shape index (κ1) is 23.0. The monoisotopic (exact) mass is 392 g/mol. The second-order valence-electron chi connectivity index (χ2n) is 7.63. The Balaban J connectivity index is 3.25. The predicted molar refractivity (Wildman–Crippen MR) is 82.2 cm³/mol. The van der Waals surface area contributed by atoms with Crippen LogP contribution in [0.3, 0.4) is 0 Å². The molecular weight excluding hydrogens is 366 g/mol. The minimum absolute atomic E-state index is 0.165. The van der Waals surface area contributed by atoms with E-state index < -0.39 is 47.8 Å². The van der Waals surface area contributed by atoms with Crippen molar-refractivity contribution in [3.05, 3.63) is 0 Å². The maximum absolute atomic E-state index is 13.3. The van der Waals surface area contributed by atoms with Crippen molar-refractivity contribution < 1.29 is 41.0 Å². The fraction of sp³-hybridized carbons (Fsp3) is 0.941. The smallest absolute Gasteiger partial charge is 0.430 e. The van der Waals surface area contributed by atoms with Crippen LogP contribution in [-0.4, -0.2) is 35.1 Å². The van der Waals surface area contributed by atoms with Gasteiger partial charge in [-0.1, -0.05) is 39.0 Å². The van der Waals surface area contributed by atoms with Crippen LogP contribution in [0.2, 0.25) is 0 Å². The largest absolute Gasteiger partial charge is 0.458 e. The number of halogens is 6. The lowest BCUT2D eigenvalue weighted by atomic mass is 9.80. The Hall–Kier alpha value is -0.990. The molecule has 0 saturated heterocycles. The third-order valence-electron chi connectivity index (χ3n) is 5.29. The fourth-order valence-corrected chi connectivity index (χ4v) is 2.99. The predicted octanol–water partition coefficient (Wildman–Crippen LogP) is 5.16. The highest BCUT2D eigenvalue weighted by molar-refractivity contribution is 5.76. The maximum atomic E-state index is 13.3.